The Labute approximate surface area is 208 Å². The van der Waals surface area contributed by atoms with Crippen molar-refractivity contribution < 1.29 is 9.59 Å². The summed E-state index contributed by atoms with van der Waals surface area (Å²) >= 11 is 1.75. The highest BCUT2D eigenvalue weighted by Crippen LogP contribution is 2.43. The predicted octanol–water partition coefficient (Wildman–Crippen LogP) is 6.26. The lowest BCUT2D eigenvalue weighted by molar-refractivity contribution is -0.130. The van der Waals surface area contributed by atoms with Gasteiger partial charge >= 0.3 is 0 Å². The van der Waals surface area contributed by atoms with E-state index in [-0.39, 0.29) is 11.8 Å². The minimum atomic E-state index is -0.0412. The first-order chi connectivity index (χ1) is 16.5. The van der Waals surface area contributed by atoms with Gasteiger partial charge in [-0.3, -0.25) is 9.59 Å². The van der Waals surface area contributed by atoms with E-state index in [1.54, 1.807) is 11.8 Å². The molecule has 180 valence electrons. The fourth-order valence-corrected chi connectivity index (χ4v) is 6.35. The summed E-state index contributed by atoms with van der Waals surface area (Å²) in [5.41, 5.74) is 5.32. The van der Waals surface area contributed by atoms with Crippen molar-refractivity contribution in [2.75, 3.05) is 6.54 Å². The van der Waals surface area contributed by atoms with Gasteiger partial charge < -0.3 is 10.2 Å². The first kappa shape index (κ1) is 24.6. The molecular weight excluding hydrogens is 440 g/mol. The highest BCUT2D eigenvalue weighted by Gasteiger charge is 2.40. The fourth-order valence-electron chi connectivity index (χ4n) is 4.88. The molecule has 0 radical (unpaired) electrons. The number of carbonyl (C=O) groups is 2. The van der Waals surface area contributed by atoms with Crippen LogP contribution >= 0.6 is 11.8 Å². The number of thioether (sulfide) groups is 1. The number of nitrogens with one attached hydrogen (secondary N) is 1. The average molecular weight is 477 g/mol. The first-order valence-corrected chi connectivity index (χ1v) is 13.5. The summed E-state index contributed by atoms with van der Waals surface area (Å²) < 4.78 is 0. The zero-order valence-electron chi connectivity index (χ0n) is 20.6. The smallest absolute Gasteiger partial charge is 0.260 e. The highest BCUT2D eigenvalue weighted by molar-refractivity contribution is 8.04. The van der Waals surface area contributed by atoms with Crippen molar-refractivity contribution in [2.45, 2.75) is 77.1 Å². The van der Waals surface area contributed by atoms with Gasteiger partial charge in [-0.15, -0.1) is 11.8 Å². The summed E-state index contributed by atoms with van der Waals surface area (Å²) in [5.74, 6) is 0.0935. The number of carbonyl (C=O) groups excluding carboxylic acids is 2. The number of hydrogen-bond acceptors (Lipinski definition) is 3. The molecule has 2 fully saturated rings. The third-order valence-electron chi connectivity index (χ3n) is 6.95. The van der Waals surface area contributed by atoms with Crippen molar-refractivity contribution in [1.82, 2.24) is 10.2 Å². The Morgan fingerprint density at radius 2 is 1.88 bits per heavy atom. The second-order valence-electron chi connectivity index (χ2n) is 9.61. The molecule has 2 amide bonds. The lowest BCUT2D eigenvalue weighted by Crippen LogP contribution is -2.50. The van der Waals surface area contributed by atoms with Crippen LogP contribution in [0.5, 0.6) is 0 Å². The van der Waals surface area contributed by atoms with Crippen LogP contribution in [0.3, 0.4) is 0 Å². The minimum absolute atomic E-state index is 0.0412. The van der Waals surface area contributed by atoms with Crippen LogP contribution in [0.1, 0.15) is 78.1 Å². The fraction of sp³-hybridized carbons (Fsp3) is 0.448. The van der Waals surface area contributed by atoms with Crippen molar-refractivity contribution in [1.29, 1.82) is 0 Å². The number of rotatable bonds is 7. The highest BCUT2D eigenvalue weighted by atomic mass is 32.2. The molecule has 1 N–H and O–H groups in total. The van der Waals surface area contributed by atoms with E-state index >= 15 is 0 Å². The average Bonchev–Trinajstić information content (AvgIpc) is 2.84. The van der Waals surface area contributed by atoms with Gasteiger partial charge in [0, 0.05) is 29.9 Å². The van der Waals surface area contributed by atoms with Crippen LogP contribution in [0.15, 0.2) is 47.4 Å². The molecule has 34 heavy (non-hydrogen) atoms. The lowest BCUT2D eigenvalue weighted by atomic mass is 9.92. The van der Waals surface area contributed by atoms with E-state index in [1.807, 2.05) is 30.3 Å². The molecular formula is C29H36N2O2S. The summed E-state index contributed by atoms with van der Waals surface area (Å²) in [7, 11) is 0. The first-order valence-electron chi connectivity index (χ1n) is 12.6. The Balaban J connectivity index is 1.55. The second kappa shape index (κ2) is 11.3. The summed E-state index contributed by atoms with van der Waals surface area (Å²) in [5, 5.41) is 3.41. The molecule has 4 rings (SSSR count). The Hall–Kier alpha value is -2.53. The largest absolute Gasteiger partial charge is 0.352 e. The van der Waals surface area contributed by atoms with E-state index < -0.39 is 0 Å². The predicted molar refractivity (Wildman–Crippen MR) is 142 cm³/mol. The van der Waals surface area contributed by atoms with Crippen LogP contribution in [0, 0.1) is 13.8 Å². The molecule has 2 aromatic carbocycles. The number of unbranched alkanes of at least 4 members (excludes halogenated alkanes) is 1. The normalized spacial score (nSPS) is 21.4. The number of fused-ring (bicyclic) bond motifs is 1. The Bertz CT molecular complexity index is 1060. The van der Waals surface area contributed by atoms with E-state index in [0.29, 0.717) is 29.9 Å². The molecule has 1 aliphatic heterocycles. The Morgan fingerprint density at radius 3 is 2.65 bits per heavy atom. The van der Waals surface area contributed by atoms with Gasteiger partial charge in [0.25, 0.3) is 11.8 Å². The summed E-state index contributed by atoms with van der Waals surface area (Å²) in [6.45, 7) is 7.72. The van der Waals surface area contributed by atoms with Crippen molar-refractivity contribution in [3.63, 3.8) is 0 Å². The van der Waals surface area contributed by atoms with Gasteiger partial charge in [-0.2, -0.15) is 0 Å². The maximum Gasteiger partial charge on any atom is 0.260 e. The molecule has 2 unspecified atom stereocenters. The van der Waals surface area contributed by atoms with E-state index in [0.717, 1.165) is 36.2 Å². The van der Waals surface area contributed by atoms with Gasteiger partial charge in [-0.1, -0.05) is 62.1 Å². The van der Waals surface area contributed by atoms with Crippen LogP contribution < -0.4 is 5.32 Å². The molecule has 1 heterocycles. The molecule has 0 spiro atoms. The topological polar surface area (TPSA) is 49.4 Å². The third kappa shape index (κ3) is 5.75. The van der Waals surface area contributed by atoms with Crippen LogP contribution in [0.4, 0.5) is 0 Å². The number of nitrogens with zero attached hydrogens (tertiary/aromatic N) is 1. The zero-order chi connectivity index (χ0) is 24.1. The molecule has 1 saturated carbocycles. The molecule has 2 atom stereocenters. The van der Waals surface area contributed by atoms with E-state index in [9.17, 15) is 9.59 Å². The van der Waals surface area contributed by atoms with E-state index in [1.165, 1.54) is 29.5 Å². The zero-order valence-corrected chi connectivity index (χ0v) is 21.4. The summed E-state index contributed by atoms with van der Waals surface area (Å²) in [6.07, 6.45) is 8.71. The standard InChI is InChI=1S/C29H36N2O2S/c1-4-5-16-30-28(32)23-14-12-22(13-15-23)18-27-29(33)31(25-8-6-7-9-26(25)34-27)19-24-17-20(2)10-11-21(24)3/h10-15,17-18,25-26H,4-9,16,19H2,1-3H3,(H,30,32)/b27-18-. The van der Waals surface area contributed by atoms with Gasteiger partial charge in [0.2, 0.25) is 0 Å². The third-order valence-corrected chi connectivity index (χ3v) is 8.35. The van der Waals surface area contributed by atoms with E-state index in [4.69, 9.17) is 0 Å². The quantitative estimate of drug-likeness (QED) is 0.379. The minimum Gasteiger partial charge on any atom is -0.352 e. The number of hydrogen-bond donors (Lipinski definition) is 1. The summed E-state index contributed by atoms with van der Waals surface area (Å²) in [6, 6.07) is 14.4. The van der Waals surface area contributed by atoms with Crippen LogP contribution in [0.25, 0.3) is 6.08 Å². The Morgan fingerprint density at radius 1 is 1.12 bits per heavy atom. The molecule has 0 aromatic heterocycles. The van der Waals surface area contributed by atoms with Gasteiger partial charge in [-0.05, 0) is 68.0 Å². The molecule has 2 aliphatic rings. The Kier molecular flexibility index (Phi) is 8.15. The SMILES string of the molecule is CCCCNC(=O)c1ccc(/C=C2\SC3CCCCC3N(Cc3cc(C)ccc3C)C2=O)cc1. The van der Waals surface area contributed by atoms with Crippen molar-refractivity contribution in [2.24, 2.45) is 0 Å². The van der Waals surface area contributed by atoms with Crippen molar-refractivity contribution >= 4 is 29.7 Å². The summed E-state index contributed by atoms with van der Waals surface area (Å²) in [4.78, 5) is 28.9. The molecule has 1 saturated heterocycles. The maximum atomic E-state index is 13.7. The van der Waals surface area contributed by atoms with E-state index in [2.05, 4.69) is 49.2 Å². The molecule has 5 heteroatoms. The lowest BCUT2D eigenvalue weighted by Gasteiger charge is -2.44. The van der Waals surface area contributed by atoms with Crippen LogP contribution in [-0.4, -0.2) is 34.6 Å². The monoisotopic (exact) mass is 476 g/mol. The van der Waals surface area contributed by atoms with Crippen molar-refractivity contribution in [3.05, 3.63) is 75.2 Å². The van der Waals surface area contributed by atoms with Crippen LogP contribution in [-0.2, 0) is 11.3 Å². The second-order valence-corrected chi connectivity index (χ2v) is 10.9. The molecule has 1 aliphatic carbocycles. The van der Waals surface area contributed by atoms with Gasteiger partial charge in [0.1, 0.15) is 0 Å². The van der Waals surface area contributed by atoms with Gasteiger partial charge in [0.05, 0.1) is 4.91 Å². The van der Waals surface area contributed by atoms with Crippen LogP contribution in [0.2, 0.25) is 0 Å². The molecule has 0 bridgehead atoms. The number of aryl methyl sites for hydroxylation is 2. The van der Waals surface area contributed by atoms with Gasteiger partial charge in [0.15, 0.2) is 0 Å². The van der Waals surface area contributed by atoms with Gasteiger partial charge in [-0.25, -0.2) is 0 Å². The molecule has 4 nitrogen and oxygen atoms in total. The molecule has 2 aromatic rings. The number of amides is 2. The van der Waals surface area contributed by atoms with Crippen molar-refractivity contribution in [3.8, 4) is 0 Å². The maximum absolute atomic E-state index is 13.7. The number of benzene rings is 2.